The molecule has 0 saturated heterocycles. The Balaban J connectivity index is 1.68. The third-order valence-corrected chi connectivity index (χ3v) is 4.47. The summed E-state index contributed by atoms with van der Waals surface area (Å²) < 4.78 is 31.4. The Morgan fingerprint density at radius 3 is 2.50 bits per heavy atom. The van der Waals surface area contributed by atoms with Gasteiger partial charge in [0, 0.05) is 17.8 Å². The molecule has 0 saturated carbocycles. The van der Waals surface area contributed by atoms with Gasteiger partial charge in [-0.05, 0) is 50.3 Å². The van der Waals surface area contributed by atoms with Crippen molar-refractivity contribution < 1.29 is 13.5 Å². The summed E-state index contributed by atoms with van der Waals surface area (Å²) in [4.78, 5) is 0. The van der Waals surface area contributed by atoms with Gasteiger partial charge in [-0.15, -0.1) is 0 Å². The van der Waals surface area contributed by atoms with Gasteiger partial charge in [0.25, 0.3) is 0 Å². The number of nitrogens with zero attached hydrogens (tertiary/aromatic N) is 2. The number of halogens is 2. The summed E-state index contributed by atoms with van der Waals surface area (Å²) in [6.45, 7) is 1.48. The van der Waals surface area contributed by atoms with E-state index in [9.17, 15) is 8.78 Å². The monoisotopic (exact) mass is 402 g/mol. The predicted molar refractivity (Wildman–Crippen MR) is 109 cm³/mol. The van der Waals surface area contributed by atoms with E-state index in [2.05, 4.69) is 20.5 Å². The predicted octanol–water partition coefficient (Wildman–Crippen LogP) is 4.58. The fourth-order valence-corrected chi connectivity index (χ4v) is 3.04. The standard InChI is InChI=1S/C20H20F2N4OS/c1-13-16(14(2)26(25-13)15-8-4-3-5-9-15)12-23-20(28)24-17-10-6-7-11-18(17)27-19(21)22/h3-11,19H,12H2,1-2H3,(H2,23,24,28). The number of thiocarbonyl (C=S) groups is 1. The van der Waals surface area contributed by atoms with E-state index < -0.39 is 6.61 Å². The molecule has 0 bridgehead atoms. The van der Waals surface area contributed by atoms with E-state index in [1.807, 2.05) is 48.9 Å². The molecular formula is C20H20F2N4OS. The van der Waals surface area contributed by atoms with Gasteiger partial charge in [-0.25, -0.2) is 4.68 Å². The molecule has 2 N–H and O–H groups in total. The molecule has 0 radical (unpaired) electrons. The van der Waals surface area contributed by atoms with Gasteiger partial charge in [-0.2, -0.15) is 13.9 Å². The molecule has 0 aliphatic carbocycles. The second-order valence-corrected chi connectivity index (χ2v) is 6.49. The maximum absolute atomic E-state index is 12.5. The first-order valence-corrected chi connectivity index (χ1v) is 9.05. The second kappa shape index (κ2) is 8.79. The summed E-state index contributed by atoms with van der Waals surface area (Å²) in [6, 6.07) is 16.3. The Morgan fingerprint density at radius 2 is 1.79 bits per heavy atom. The highest BCUT2D eigenvalue weighted by Gasteiger charge is 2.14. The van der Waals surface area contributed by atoms with Crippen LogP contribution >= 0.6 is 12.2 Å². The molecule has 0 aliphatic heterocycles. The van der Waals surface area contributed by atoms with E-state index in [1.165, 1.54) is 6.07 Å². The topological polar surface area (TPSA) is 51.1 Å². The van der Waals surface area contributed by atoms with Crippen LogP contribution in [0.25, 0.3) is 5.69 Å². The second-order valence-electron chi connectivity index (χ2n) is 6.08. The number of anilines is 1. The summed E-state index contributed by atoms with van der Waals surface area (Å²) in [7, 11) is 0. The van der Waals surface area contributed by atoms with Gasteiger partial charge in [0.05, 0.1) is 17.1 Å². The zero-order valence-corrected chi connectivity index (χ0v) is 16.3. The molecular weight excluding hydrogens is 382 g/mol. The minimum absolute atomic E-state index is 0.0332. The lowest BCUT2D eigenvalue weighted by atomic mass is 10.2. The number of hydrogen-bond donors (Lipinski definition) is 2. The van der Waals surface area contributed by atoms with Gasteiger partial charge in [0.2, 0.25) is 0 Å². The fraction of sp³-hybridized carbons (Fsp3) is 0.200. The maximum atomic E-state index is 12.5. The molecule has 0 atom stereocenters. The molecule has 1 aromatic heterocycles. The summed E-state index contributed by atoms with van der Waals surface area (Å²) in [5, 5.41) is 10.9. The van der Waals surface area contributed by atoms with Gasteiger partial charge >= 0.3 is 6.61 Å². The molecule has 0 aliphatic rings. The molecule has 0 fully saturated rings. The number of nitrogens with one attached hydrogen (secondary N) is 2. The van der Waals surface area contributed by atoms with Crippen molar-refractivity contribution in [3.8, 4) is 11.4 Å². The largest absolute Gasteiger partial charge is 0.433 e. The van der Waals surface area contributed by atoms with Crippen molar-refractivity contribution in [2.24, 2.45) is 0 Å². The van der Waals surface area contributed by atoms with Crippen LogP contribution in [0, 0.1) is 13.8 Å². The smallest absolute Gasteiger partial charge is 0.387 e. The molecule has 0 unspecified atom stereocenters. The zero-order chi connectivity index (χ0) is 20.1. The minimum atomic E-state index is -2.90. The summed E-state index contributed by atoms with van der Waals surface area (Å²) in [6.07, 6.45) is 0. The van der Waals surface area contributed by atoms with E-state index in [0.717, 1.165) is 22.6 Å². The summed E-state index contributed by atoms with van der Waals surface area (Å²) in [5.41, 5.74) is 4.26. The van der Waals surface area contributed by atoms with Crippen molar-refractivity contribution in [2.45, 2.75) is 27.0 Å². The number of benzene rings is 2. The highest BCUT2D eigenvalue weighted by Crippen LogP contribution is 2.25. The highest BCUT2D eigenvalue weighted by molar-refractivity contribution is 7.80. The van der Waals surface area contributed by atoms with Crippen molar-refractivity contribution in [1.29, 1.82) is 0 Å². The van der Waals surface area contributed by atoms with E-state index >= 15 is 0 Å². The SMILES string of the molecule is Cc1nn(-c2ccccc2)c(C)c1CNC(=S)Nc1ccccc1OC(F)F. The highest BCUT2D eigenvalue weighted by atomic mass is 32.1. The van der Waals surface area contributed by atoms with Crippen LogP contribution in [0.15, 0.2) is 54.6 Å². The van der Waals surface area contributed by atoms with Crippen molar-refractivity contribution >= 4 is 23.0 Å². The third kappa shape index (κ3) is 4.64. The van der Waals surface area contributed by atoms with Gasteiger partial charge in [0.1, 0.15) is 5.75 Å². The average Bonchev–Trinajstić information content (AvgIpc) is 2.96. The Labute approximate surface area is 167 Å². The van der Waals surface area contributed by atoms with Crippen molar-refractivity contribution in [3.63, 3.8) is 0 Å². The summed E-state index contributed by atoms with van der Waals surface area (Å²) >= 11 is 5.30. The number of aryl methyl sites for hydroxylation is 1. The van der Waals surface area contributed by atoms with Crippen LogP contribution in [-0.2, 0) is 6.54 Å². The first kappa shape index (κ1) is 19.8. The molecule has 28 heavy (non-hydrogen) atoms. The molecule has 0 amide bonds. The summed E-state index contributed by atoms with van der Waals surface area (Å²) in [5.74, 6) is 0.0332. The fourth-order valence-electron chi connectivity index (χ4n) is 2.86. The molecule has 1 heterocycles. The van der Waals surface area contributed by atoms with E-state index in [4.69, 9.17) is 12.2 Å². The molecule has 2 aromatic carbocycles. The van der Waals surface area contributed by atoms with Crippen molar-refractivity contribution in [2.75, 3.05) is 5.32 Å². The van der Waals surface area contributed by atoms with E-state index in [1.54, 1.807) is 18.2 Å². The van der Waals surface area contributed by atoms with Crippen molar-refractivity contribution in [1.82, 2.24) is 15.1 Å². The number of ether oxygens (including phenoxy) is 1. The number of hydrogen-bond acceptors (Lipinski definition) is 3. The molecule has 0 spiro atoms. The number of alkyl halides is 2. The van der Waals surface area contributed by atoms with Gasteiger partial charge in [-0.3, -0.25) is 0 Å². The molecule has 8 heteroatoms. The lowest BCUT2D eigenvalue weighted by Gasteiger charge is -2.14. The lowest BCUT2D eigenvalue weighted by Crippen LogP contribution is -2.28. The van der Waals surface area contributed by atoms with E-state index in [-0.39, 0.29) is 5.75 Å². The maximum Gasteiger partial charge on any atom is 0.387 e. The molecule has 146 valence electrons. The van der Waals surface area contributed by atoms with Crippen LogP contribution in [0.4, 0.5) is 14.5 Å². The lowest BCUT2D eigenvalue weighted by molar-refractivity contribution is -0.0493. The normalized spacial score (nSPS) is 10.8. The number of para-hydroxylation sites is 3. The Hall–Kier alpha value is -3.00. The number of aromatic nitrogens is 2. The minimum Gasteiger partial charge on any atom is -0.433 e. The molecule has 5 nitrogen and oxygen atoms in total. The quantitative estimate of drug-likeness (QED) is 0.591. The molecule has 3 rings (SSSR count). The Bertz CT molecular complexity index is 960. The van der Waals surface area contributed by atoms with E-state index in [0.29, 0.717) is 17.3 Å². The van der Waals surface area contributed by atoms with Crippen LogP contribution in [0.2, 0.25) is 0 Å². The Kier molecular flexibility index (Phi) is 6.20. The van der Waals surface area contributed by atoms with Crippen molar-refractivity contribution in [3.05, 3.63) is 71.5 Å². The van der Waals surface area contributed by atoms with Crippen LogP contribution < -0.4 is 15.4 Å². The number of rotatable bonds is 6. The van der Waals surface area contributed by atoms with Crippen LogP contribution in [-0.4, -0.2) is 21.5 Å². The Morgan fingerprint density at radius 1 is 1.11 bits per heavy atom. The van der Waals surface area contributed by atoms with Crippen LogP contribution in [0.1, 0.15) is 17.0 Å². The average molecular weight is 402 g/mol. The van der Waals surface area contributed by atoms with Crippen LogP contribution in [0.5, 0.6) is 5.75 Å². The van der Waals surface area contributed by atoms with Crippen LogP contribution in [0.3, 0.4) is 0 Å². The zero-order valence-electron chi connectivity index (χ0n) is 15.4. The van der Waals surface area contributed by atoms with Gasteiger partial charge in [-0.1, -0.05) is 30.3 Å². The third-order valence-electron chi connectivity index (χ3n) is 4.22. The van der Waals surface area contributed by atoms with Gasteiger partial charge < -0.3 is 15.4 Å². The first-order valence-electron chi connectivity index (χ1n) is 8.65. The molecule has 3 aromatic rings. The van der Waals surface area contributed by atoms with Gasteiger partial charge in [0.15, 0.2) is 5.11 Å². The first-order chi connectivity index (χ1) is 13.5.